The Labute approximate surface area is 111 Å². The molecule has 2 unspecified atom stereocenters. The number of nitrogens with one attached hydrogen (secondary N) is 1. The summed E-state index contributed by atoms with van der Waals surface area (Å²) in [4.78, 5) is 11.9. The second kappa shape index (κ2) is 8.48. The number of rotatable bonds is 7. The SMILES string of the molecule is CCC(NC(=O)CC(CN)OC)C1CCCCC1. The van der Waals surface area contributed by atoms with Crippen molar-refractivity contribution in [2.45, 2.75) is 64.0 Å². The number of amides is 1. The first-order valence-electron chi connectivity index (χ1n) is 7.23. The molecule has 0 heterocycles. The van der Waals surface area contributed by atoms with Crippen LogP contribution >= 0.6 is 0 Å². The van der Waals surface area contributed by atoms with Gasteiger partial charge in [-0.3, -0.25) is 4.79 Å². The van der Waals surface area contributed by atoms with E-state index in [0.29, 0.717) is 24.9 Å². The van der Waals surface area contributed by atoms with Crippen molar-refractivity contribution in [3.8, 4) is 0 Å². The first kappa shape index (κ1) is 15.4. The normalized spacial score (nSPS) is 20.4. The van der Waals surface area contributed by atoms with E-state index in [1.165, 1.54) is 32.1 Å². The van der Waals surface area contributed by atoms with E-state index in [0.717, 1.165) is 6.42 Å². The number of carbonyl (C=O) groups excluding carboxylic acids is 1. The summed E-state index contributed by atoms with van der Waals surface area (Å²) in [5, 5.41) is 3.16. The van der Waals surface area contributed by atoms with Crippen molar-refractivity contribution in [1.82, 2.24) is 5.32 Å². The maximum atomic E-state index is 11.9. The maximum Gasteiger partial charge on any atom is 0.222 e. The highest BCUT2D eigenvalue weighted by Gasteiger charge is 2.24. The molecule has 1 aliphatic carbocycles. The smallest absolute Gasteiger partial charge is 0.222 e. The average Bonchev–Trinajstić information content (AvgIpc) is 2.43. The first-order valence-corrected chi connectivity index (χ1v) is 7.23. The van der Waals surface area contributed by atoms with Crippen LogP contribution in [0, 0.1) is 5.92 Å². The fourth-order valence-corrected chi connectivity index (χ4v) is 2.83. The van der Waals surface area contributed by atoms with Gasteiger partial charge in [-0.05, 0) is 25.2 Å². The molecule has 106 valence electrons. The lowest BCUT2D eigenvalue weighted by Gasteiger charge is -2.30. The van der Waals surface area contributed by atoms with E-state index in [-0.39, 0.29) is 12.0 Å². The van der Waals surface area contributed by atoms with Gasteiger partial charge in [0.2, 0.25) is 5.91 Å². The zero-order valence-electron chi connectivity index (χ0n) is 11.8. The number of carbonyl (C=O) groups is 1. The van der Waals surface area contributed by atoms with Crippen molar-refractivity contribution in [1.29, 1.82) is 0 Å². The lowest BCUT2D eigenvalue weighted by molar-refractivity contribution is -0.124. The van der Waals surface area contributed by atoms with E-state index in [1.807, 2.05) is 0 Å². The lowest BCUT2D eigenvalue weighted by atomic mass is 9.83. The quantitative estimate of drug-likeness (QED) is 0.730. The third kappa shape index (κ3) is 4.94. The summed E-state index contributed by atoms with van der Waals surface area (Å²) >= 11 is 0. The highest BCUT2D eigenvalue weighted by atomic mass is 16.5. The molecular formula is C14H28N2O2. The van der Waals surface area contributed by atoms with Crippen LogP contribution < -0.4 is 11.1 Å². The zero-order valence-corrected chi connectivity index (χ0v) is 11.8. The second-order valence-electron chi connectivity index (χ2n) is 5.28. The standard InChI is InChI=1S/C14H28N2O2/c1-3-13(11-7-5-4-6-8-11)16-14(17)9-12(10-15)18-2/h11-13H,3-10,15H2,1-2H3,(H,16,17). The van der Waals surface area contributed by atoms with Crippen LogP contribution in [0.1, 0.15) is 51.9 Å². The summed E-state index contributed by atoms with van der Waals surface area (Å²) in [7, 11) is 1.60. The molecule has 1 fully saturated rings. The molecule has 0 aliphatic heterocycles. The van der Waals surface area contributed by atoms with Gasteiger partial charge in [0.25, 0.3) is 0 Å². The Bertz CT molecular complexity index is 236. The molecule has 4 nitrogen and oxygen atoms in total. The fraction of sp³-hybridized carbons (Fsp3) is 0.929. The molecule has 1 rings (SSSR count). The number of methoxy groups -OCH3 is 1. The predicted molar refractivity (Wildman–Crippen MR) is 73.3 cm³/mol. The topological polar surface area (TPSA) is 64.4 Å². The Morgan fingerprint density at radius 1 is 1.39 bits per heavy atom. The van der Waals surface area contributed by atoms with Gasteiger partial charge in [0, 0.05) is 19.7 Å². The number of ether oxygens (including phenoxy) is 1. The van der Waals surface area contributed by atoms with Gasteiger partial charge in [0.15, 0.2) is 0 Å². The van der Waals surface area contributed by atoms with Gasteiger partial charge in [-0.25, -0.2) is 0 Å². The zero-order chi connectivity index (χ0) is 13.4. The highest BCUT2D eigenvalue weighted by Crippen LogP contribution is 2.27. The molecule has 18 heavy (non-hydrogen) atoms. The molecule has 0 spiro atoms. The molecule has 0 saturated heterocycles. The van der Waals surface area contributed by atoms with Gasteiger partial charge in [0.1, 0.15) is 0 Å². The Morgan fingerprint density at radius 3 is 2.56 bits per heavy atom. The van der Waals surface area contributed by atoms with Crippen molar-refractivity contribution in [2.75, 3.05) is 13.7 Å². The molecule has 1 amide bonds. The molecule has 1 aliphatic rings. The highest BCUT2D eigenvalue weighted by molar-refractivity contribution is 5.76. The minimum absolute atomic E-state index is 0.0738. The Morgan fingerprint density at radius 2 is 2.06 bits per heavy atom. The van der Waals surface area contributed by atoms with Crippen LogP contribution in [-0.2, 0) is 9.53 Å². The third-order valence-electron chi connectivity index (χ3n) is 4.01. The van der Waals surface area contributed by atoms with E-state index in [2.05, 4.69) is 12.2 Å². The second-order valence-corrected chi connectivity index (χ2v) is 5.28. The summed E-state index contributed by atoms with van der Waals surface area (Å²) in [5.74, 6) is 0.733. The Kier molecular flexibility index (Phi) is 7.28. The predicted octanol–water partition coefficient (Wildman–Crippen LogP) is 1.83. The van der Waals surface area contributed by atoms with Crippen LogP contribution in [0.3, 0.4) is 0 Å². The number of hydrogen-bond acceptors (Lipinski definition) is 3. The van der Waals surface area contributed by atoms with Crippen molar-refractivity contribution in [2.24, 2.45) is 11.7 Å². The summed E-state index contributed by atoms with van der Waals surface area (Å²) in [6, 6.07) is 0.327. The van der Waals surface area contributed by atoms with Crippen LogP contribution in [0.5, 0.6) is 0 Å². The summed E-state index contributed by atoms with van der Waals surface area (Å²) in [6.45, 7) is 2.54. The van der Waals surface area contributed by atoms with Gasteiger partial charge in [0.05, 0.1) is 12.5 Å². The van der Waals surface area contributed by atoms with Crippen molar-refractivity contribution < 1.29 is 9.53 Å². The van der Waals surface area contributed by atoms with Crippen LogP contribution in [0.2, 0.25) is 0 Å². The molecule has 3 N–H and O–H groups in total. The maximum absolute atomic E-state index is 11.9. The lowest BCUT2D eigenvalue weighted by Crippen LogP contribution is -2.42. The van der Waals surface area contributed by atoms with E-state index in [1.54, 1.807) is 7.11 Å². The average molecular weight is 256 g/mol. The summed E-state index contributed by atoms with van der Waals surface area (Å²) < 4.78 is 5.14. The molecular weight excluding hydrogens is 228 g/mol. The summed E-state index contributed by atoms with van der Waals surface area (Å²) in [6.07, 6.45) is 7.69. The van der Waals surface area contributed by atoms with Gasteiger partial charge in [-0.2, -0.15) is 0 Å². The van der Waals surface area contributed by atoms with Crippen molar-refractivity contribution in [3.63, 3.8) is 0 Å². The van der Waals surface area contributed by atoms with Crippen molar-refractivity contribution in [3.05, 3.63) is 0 Å². The summed E-state index contributed by atoms with van der Waals surface area (Å²) in [5.41, 5.74) is 5.53. The molecule has 0 aromatic carbocycles. The molecule has 0 bridgehead atoms. The minimum atomic E-state index is -0.158. The van der Waals surface area contributed by atoms with Gasteiger partial charge in [-0.1, -0.05) is 26.2 Å². The van der Waals surface area contributed by atoms with Crippen LogP contribution in [0.15, 0.2) is 0 Å². The molecule has 1 saturated carbocycles. The van der Waals surface area contributed by atoms with Crippen LogP contribution in [0.25, 0.3) is 0 Å². The number of hydrogen-bond donors (Lipinski definition) is 2. The van der Waals surface area contributed by atoms with Gasteiger partial charge >= 0.3 is 0 Å². The van der Waals surface area contributed by atoms with Gasteiger partial charge in [-0.15, -0.1) is 0 Å². The van der Waals surface area contributed by atoms with Crippen molar-refractivity contribution >= 4 is 5.91 Å². The molecule has 0 radical (unpaired) electrons. The van der Waals surface area contributed by atoms with E-state index < -0.39 is 0 Å². The fourth-order valence-electron chi connectivity index (χ4n) is 2.83. The molecule has 0 aromatic rings. The van der Waals surface area contributed by atoms with Crippen LogP contribution in [0.4, 0.5) is 0 Å². The van der Waals surface area contributed by atoms with E-state index in [9.17, 15) is 4.79 Å². The first-order chi connectivity index (χ1) is 8.71. The third-order valence-corrected chi connectivity index (χ3v) is 4.01. The Hall–Kier alpha value is -0.610. The minimum Gasteiger partial charge on any atom is -0.380 e. The van der Waals surface area contributed by atoms with Crippen LogP contribution in [-0.4, -0.2) is 31.7 Å². The number of nitrogens with two attached hydrogens (primary N) is 1. The van der Waals surface area contributed by atoms with E-state index >= 15 is 0 Å². The largest absolute Gasteiger partial charge is 0.380 e. The molecule has 0 aromatic heterocycles. The van der Waals surface area contributed by atoms with E-state index in [4.69, 9.17) is 10.5 Å². The molecule has 2 atom stereocenters. The molecule has 4 heteroatoms. The Balaban J connectivity index is 2.39. The van der Waals surface area contributed by atoms with Gasteiger partial charge < -0.3 is 15.8 Å². The monoisotopic (exact) mass is 256 g/mol.